The summed E-state index contributed by atoms with van der Waals surface area (Å²) < 4.78 is 2.28. The molecule has 6 heteroatoms. The molecule has 0 amide bonds. The molecule has 2 aliphatic carbocycles. The molecule has 6 rings (SSSR count). The van der Waals surface area contributed by atoms with Crippen LogP contribution in [0.4, 0.5) is 0 Å². The molecule has 0 fully saturated rings. The van der Waals surface area contributed by atoms with E-state index < -0.39 is 19.7 Å². The molecule has 3 aliphatic rings. The number of rotatable bonds is 2. The molecular weight excluding hydrogens is 594 g/mol. The van der Waals surface area contributed by atoms with E-state index in [0.29, 0.717) is 7.79 Å². The molecular formula is C24H15BrCl2S2Zr. The molecule has 0 aromatic heterocycles. The first-order valence-electron chi connectivity index (χ1n) is 9.33. The Bertz CT molecular complexity index is 1300. The first-order valence-corrected chi connectivity index (χ1v) is 17.2. The SMILES string of the molecule is [Cl-].[Cl-].[S]=[Zr+2]([c]1cccc2c1=CC1=CC(Br)SC=21)[CH]1c2ccccc2-c2ccccc21. The third kappa shape index (κ3) is 3.43. The fourth-order valence-electron chi connectivity index (χ4n) is 4.65. The van der Waals surface area contributed by atoms with Crippen molar-refractivity contribution < 1.29 is 44.5 Å². The van der Waals surface area contributed by atoms with Crippen molar-refractivity contribution in [1.29, 1.82) is 0 Å². The van der Waals surface area contributed by atoms with Crippen LogP contribution in [-0.2, 0) is 19.7 Å². The summed E-state index contributed by atoms with van der Waals surface area (Å²) in [4.78, 5) is 1.41. The zero-order chi connectivity index (χ0) is 18.8. The molecule has 3 aromatic carbocycles. The zero-order valence-corrected chi connectivity index (χ0v) is 22.8. The van der Waals surface area contributed by atoms with E-state index in [1.54, 1.807) is 0 Å². The van der Waals surface area contributed by atoms with Gasteiger partial charge in [-0.1, -0.05) is 0 Å². The molecule has 1 atom stereocenters. The van der Waals surface area contributed by atoms with Crippen LogP contribution in [0.5, 0.6) is 0 Å². The summed E-state index contributed by atoms with van der Waals surface area (Å²) in [6.07, 6.45) is 4.70. The first-order chi connectivity index (χ1) is 13.7. The van der Waals surface area contributed by atoms with Crippen LogP contribution >= 0.6 is 36.5 Å². The molecule has 0 saturated heterocycles. The van der Waals surface area contributed by atoms with Crippen molar-refractivity contribution in [2.24, 2.45) is 0 Å². The van der Waals surface area contributed by atoms with Crippen molar-refractivity contribution in [2.45, 2.75) is 7.79 Å². The van der Waals surface area contributed by atoms with Crippen LogP contribution in [0.3, 0.4) is 0 Å². The van der Waals surface area contributed by atoms with Crippen LogP contribution in [-0.4, -0.2) is 4.16 Å². The van der Waals surface area contributed by atoms with Crippen LogP contribution in [0.15, 0.2) is 78.4 Å². The van der Waals surface area contributed by atoms with Crippen LogP contribution in [0, 0.1) is 0 Å². The van der Waals surface area contributed by atoms with Gasteiger partial charge in [-0.25, -0.2) is 0 Å². The molecule has 1 heterocycles. The molecule has 0 nitrogen and oxygen atoms in total. The number of hydrogen-bond donors (Lipinski definition) is 0. The normalized spacial score (nSPS) is 17.3. The van der Waals surface area contributed by atoms with Gasteiger partial charge in [0.25, 0.3) is 0 Å². The van der Waals surface area contributed by atoms with E-state index in [0.717, 1.165) is 0 Å². The van der Waals surface area contributed by atoms with Crippen molar-refractivity contribution in [3.05, 3.63) is 99.9 Å². The van der Waals surface area contributed by atoms with Crippen molar-refractivity contribution in [2.75, 3.05) is 0 Å². The van der Waals surface area contributed by atoms with Gasteiger partial charge in [0.05, 0.1) is 0 Å². The van der Waals surface area contributed by atoms with E-state index in [2.05, 4.69) is 94.8 Å². The van der Waals surface area contributed by atoms with Gasteiger partial charge >= 0.3 is 189 Å². The molecule has 148 valence electrons. The molecule has 0 saturated carbocycles. The summed E-state index contributed by atoms with van der Waals surface area (Å²) in [5.41, 5.74) is 7.03. The topological polar surface area (TPSA) is 0 Å². The Morgan fingerprint density at radius 3 is 2.13 bits per heavy atom. The predicted molar refractivity (Wildman–Crippen MR) is 123 cm³/mol. The summed E-state index contributed by atoms with van der Waals surface area (Å²) in [7, 11) is 6.44. The maximum absolute atomic E-state index is 6.44. The fraction of sp³-hybridized carbons (Fsp3) is 0.0833. The van der Waals surface area contributed by atoms with Gasteiger partial charge in [0.1, 0.15) is 0 Å². The molecule has 3 aromatic rings. The summed E-state index contributed by atoms with van der Waals surface area (Å²) in [5.74, 6) is 0. The van der Waals surface area contributed by atoms with Crippen LogP contribution in [0.25, 0.3) is 22.1 Å². The second-order valence-corrected chi connectivity index (χ2v) is 17.2. The molecule has 30 heavy (non-hydrogen) atoms. The summed E-state index contributed by atoms with van der Waals surface area (Å²) >= 11 is 3.22. The number of halogens is 3. The van der Waals surface area contributed by atoms with E-state index in [4.69, 9.17) is 8.86 Å². The van der Waals surface area contributed by atoms with Gasteiger partial charge in [0.2, 0.25) is 0 Å². The quantitative estimate of drug-likeness (QED) is 0.347. The van der Waals surface area contributed by atoms with Gasteiger partial charge in [-0.15, -0.1) is 0 Å². The standard InChI is InChI=1S/C13H9.C11H6BrS.2ClH.S.Zr/c1-3-7-12-10(5-1)9-11-6-2-4-8-13(11)12;12-10-6-8-5-7-3-1-2-4-9(7)11(8)13-10;;;;/h1-9H;1-2,4-6,10H;2*1H;;/q;;;;;+2/p-2. The van der Waals surface area contributed by atoms with E-state index in [9.17, 15) is 0 Å². The van der Waals surface area contributed by atoms with E-state index in [-0.39, 0.29) is 24.8 Å². The van der Waals surface area contributed by atoms with Crippen molar-refractivity contribution in [3.63, 3.8) is 0 Å². The van der Waals surface area contributed by atoms with Gasteiger partial charge in [-0.3, -0.25) is 0 Å². The molecule has 0 N–H and O–H groups in total. The zero-order valence-electron chi connectivity index (χ0n) is 15.6. The predicted octanol–water partition coefficient (Wildman–Crippen LogP) is -0.883. The minimum atomic E-state index is -2.41. The van der Waals surface area contributed by atoms with Crippen LogP contribution in [0.2, 0.25) is 0 Å². The summed E-state index contributed by atoms with van der Waals surface area (Å²) in [6, 6.07) is 24.6. The van der Waals surface area contributed by atoms with Crippen molar-refractivity contribution in [3.8, 4) is 11.1 Å². The number of alkyl halides is 1. The molecule has 1 unspecified atom stereocenters. The van der Waals surface area contributed by atoms with E-state index >= 15 is 0 Å². The third-order valence-corrected chi connectivity index (χ3v) is 15.6. The van der Waals surface area contributed by atoms with Gasteiger partial charge in [-0.05, 0) is 0 Å². The number of benzene rings is 3. The van der Waals surface area contributed by atoms with Gasteiger partial charge in [0.15, 0.2) is 0 Å². The second kappa shape index (κ2) is 8.89. The number of thioether (sulfide) groups is 1. The molecule has 0 radical (unpaired) electrons. The molecule has 0 bridgehead atoms. The van der Waals surface area contributed by atoms with Crippen LogP contribution < -0.4 is 38.5 Å². The Labute approximate surface area is 212 Å². The Kier molecular flexibility index (Phi) is 6.76. The Balaban J connectivity index is 0.00000109. The van der Waals surface area contributed by atoms with Gasteiger partial charge < -0.3 is 24.8 Å². The summed E-state index contributed by atoms with van der Waals surface area (Å²) in [5, 5.41) is 2.79. The van der Waals surface area contributed by atoms with Gasteiger partial charge in [-0.2, -0.15) is 0 Å². The maximum atomic E-state index is 6.44. The summed E-state index contributed by atoms with van der Waals surface area (Å²) in [6.45, 7) is 0. The average molecular weight is 610 g/mol. The van der Waals surface area contributed by atoms with Crippen molar-refractivity contribution in [1.82, 2.24) is 0 Å². The number of hydrogen-bond acceptors (Lipinski definition) is 2. The van der Waals surface area contributed by atoms with Gasteiger partial charge in [0, 0.05) is 0 Å². The number of fused-ring (bicyclic) bond motifs is 5. The Morgan fingerprint density at radius 2 is 1.47 bits per heavy atom. The average Bonchev–Trinajstić information content (AvgIpc) is 3.35. The van der Waals surface area contributed by atoms with E-state index in [1.165, 1.54) is 46.4 Å². The van der Waals surface area contributed by atoms with E-state index in [1.807, 2.05) is 11.8 Å². The van der Waals surface area contributed by atoms with Crippen molar-refractivity contribution >= 4 is 50.8 Å². The monoisotopic (exact) mass is 606 g/mol. The fourth-order valence-corrected chi connectivity index (χ4v) is 14.2. The third-order valence-electron chi connectivity index (χ3n) is 5.82. The Hall–Kier alpha value is -0.347. The molecule has 0 spiro atoms. The first kappa shape index (κ1) is 22.8. The minimum absolute atomic E-state index is 0. The Morgan fingerprint density at radius 1 is 0.833 bits per heavy atom. The van der Waals surface area contributed by atoms with Crippen LogP contribution in [0.1, 0.15) is 14.8 Å². The molecule has 1 aliphatic heterocycles. The second-order valence-electron chi connectivity index (χ2n) is 7.30.